The van der Waals surface area contributed by atoms with Crippen LogP contribution in [0.5, 0.6) is 5.75 Å². The smallest absolute Gasteiger partial charge is 0.417 e. The summed E-state index contributed by atoms with van der Waals surface area (Å²) in [5.74, 6) is 6.53. The highest BCUT2D eigenvalue weighted by Gasteiger charge is 2.34. The summed E-state index contributed by atoms with van der Waals surface area (Å²) in [5.41, 5.74) is 1.80. The second kappa shape index (κ2) is 15.4. The minimum atomic E-state index is -4.53. The summed E-state index contributed by atoms with van der Waals surface area (Å²) in [6, 6.07) is 11.5. The molecule has 0 amide bonds. The predicted molar refractivity (Wildman–Crippen MR) is 153 cm³/mol. The van der Waals surface area contributed by atoms with Gasteiger partial charge in [-0.2, -0.15) is 13.2 Å². The Hall–Kier alpha value is -3.04. The van der Waals surface area contributed by atoms with E-state index in [0.29, 0.717) is 29.2 Å². The van der Waals surface area contributed by atoms with Gasteiger partial charge in [-0.1, -0.05) is 58.6 Å². The van der Waals surface area contributed by atoms with Gasteiger partial charge in [-0.25, -0.2) is 0 Å². The first-order chi connectivity index (χ1) is 18.3. The lowest BCUT2D eigenvalue weighted by atomic mass is 9.94. The third kappa shape index (κ3) is 8.77. The van der Waals surface area contributed by atoms with Gasteiger partial charge in [0, 0.05) is 28.4 Å². The Morgan fingerprint density at radius 3 is 2.39 bits per heavy atom. The van der Waals surface area contributed by atoms with Crippen LogP contribution in [0.1, 0.15) is 89.5 Å². The SMILES string of the molecule is C/C=C(\N=C(C(C)CC)C1CCCN1)c1ccc(C#Cc2ccc(OCCC)cc2)c(C(F)(F)F)c1.CC. The van der Waals surface area contributed by atoms with E-state index in [1.54, 1.807) is 36.4 Å². The molecule has 1 heterocycles. The Morgan fingerprint density at radius 2 is 1.84 bits per heavy atom. The molecular formula is C32H41F3N2O. The molecule has 2 atom stereocenters. The topological polar surface area (TPSA) is 33.6 Å². The second-order valence-corrected chi connectivity index (χ2v) is 9.05. The number of allylic oxidation sites excluding steroid dienone is 1. The maximum absolute atomic E-state index is 14.0. The minimum absolute atomic E-state index is 0.0587. The third-order valence-electron chi connectivity index (χ3n) is 6.35. The summed E-state index contributed by atoms with van der Waals surface area (Å²) < 4.78 is 47.7. The van der Waals surface area contributed by atoms with Crippen molar-refractivity contribution >= 4 is 11.4 Å². The standard InChI is InChI=1S/C30H35F3N2O.C2H6/c1-5-19-36-25-16-11-22(12-17-25)10-13-23-14-15-24(20-26(23)30(31,32)33)27(7-3)35-29(21(4)6-2)28-9-8-18-34-28;1-2/h7,11-12,14-17,20-21,28,34H,5-6,8-9,18-19H2,1-4H3;1-2H3/b27-7-,35-29?;. The number of benzene rings is 2. The highest BCUT2D eigenvalue weighted by Crippen LogP contribution is 2.34. The normalized spacial score (nSPS) is 16.7. The zero-order valence-electron chi connectivity index (χ0n) is 23.5. The van der Waals surface area contributed by atoms with Gasteiger partial charge < -0.3 is 10.1 Å². The van der Waals surface area contributed by atoms with Crippen LogP contribution in [-0.4, -0.2) is 24.9 Å². The Kier molecular flexibility index (Phi) is 12.6. The van der Waals surface area contributed by atoms with Gasteiger partial charge in [-0.15, -0.1) is 0 Å². The predicted octanol–water partition coefficient (Wildman–Crippen LogP) is 8.52. The number of alkyl halides is 3. The van der Waals surface area contributed by atoms with Crippen molar-refractivity contribution in [3.63, 3.8) is 0 Å². The van der Waals surface area contributed by atoms with Crippen molar-refractivity contribution in [3.8, 4) is 17.6 Å². The van der Waals surface area contributed by atoms with E-state index < -0.39 is 11.7 Å². The van der Waals surface area contributed by atoms with Crippen molar-refractivity contribution in [3.05, 3.63) is 70.8 Å². The van der Waals surface area contributed by atoms with E-state index in [1.807, 2.05) is 27.7 Å². The number of aliphatic imine (C=N–C) groups is 1. The second-order valence-electron chi connectivity index (χ2n) is 9.05. The average molecular weight is 527 g/mol. The fourth-order valence-corrected chi connectivity index (χ4v) is 4.15. The third-order valence-corrected chi connectivity index (χ3v) is 6.35. The molecule has 1 fully saturated rings. The van der Waals surface area contributed by atoms with Crippen LogP contribution in [0.4, 0.5) is 13.2 Å². The molecule has 1 aliphatic heterocycles. The molecule has 3 rings (SSSR count). The molecule has 1 aliphatic rings. The van der Waals surface area contributed by atoms with E-state index in [0.717, 1.165) is 37.9 Å². The zero-order chi connectivity index (χ0) is 28.1. The molecule has 0 aliphatic carbocycles. The molecule has 206 valence electrons. The van der Waals surface area contributed by atoms with Crippen molar-refractivity contribution in [2.75, 3.05) is 13.2 Å². The van der Waals surface area contributed by atoms with Gasteiger partial charge >= 0.3 is 6.18 Å². The number of ether oxygens (including phenoxy) is 1. The van der Waals surface area contributed by atoms with Crippen molar-refractivity contribution in [2.24, 2.45) is 10.9 Å². The largest absolute Gasteiger partial charge is 0.494 e. The van der Waals surface area contributed by atoms with Gasteiger partial charge in [0.25, 0.3) is 0 Å². The Bertz CT molecular complexity index is 1130. The Balaban J connectivity index is 0.00000247. The lowest BCUT2D eigenvalue weighted by molar-refractivity contribution is -0.137. The number of nitrogens with one attached hydrogen (secondary N) is 1. The first-order valence-corrected chi connectivity index (χ1v) is 13.7. The summed E-state index contributed by atoms with van der Waals surface area (Å²) in [6.07, 6.45) is 1.13. The van der Waals surface area contributed by atoms with E-state index in [-0.39, 0.29) is 17.5 Å². The first kappa shape index (κ1) is 31.2. The van der Waals surface area contributed by atoms with Crippen LogP contribution in [0.2, 0.25) is 0 Å². The van der Waals surface area contributed by atoms with Crippen LogP contribution >= 0.6 is 0 Å². The number of hydrogen-bond acceptors (Lipinski definition) is 3. The van der Waals surface area contributed by atoms with Crippen molar-refractivity contribution in [1.29, 1.82) is 0 Å². The summed E-state index contributed by atoms with van der Waals surface area (Å²) in [5, 5.41) is 3.48. The van der Waals surface area contributed by atoms with E-state index in [1.165, 1.54) is 12.1 Å². The fraction of sp³-hybridized carbons (Fsp3) is 0.469. The highest BCUT2D eigenvalue weighted by molar-refractivity contribution is 5.95. The Morgan fingerprint density at radius 1 is 1.13 bits per heavy atom. The molecule has 0 spiro atoms. The summed E-state index contributed by atoms with van der Waals surface area (Å²) in [7, 11) is 0. The molecule has 2 aromatic rings. The van der Waals surface area contributed by atoms with Gasteiger partial charge in [0.05, 0.1) is 17.9 Å². The summed E-state index contributed by atoms with van der Waals surface area (Å²) in [4.78, 5) is 4.89. The maximum atomic E-state index is 14.0. The lowest BCUT2D eigenvalue weighted by Crippen LogP contribution is -2.34. The van der Waals surface area contributed by atoms with Crippen LogP contribution in [0, 0.1) is 17.8 Å². The van der Waals surface area contributed by atoms with Gasteiger partial charge in [0.1, 0.15) is 5.75 Å². The van der Waals surface area contributed by atoms with Crippen molar-refractivity contribution in [2.45, 2.75) is 79.4 Å². The molecule has 38 heavy (non-hydrogen) atoms. The number of rotatable bonds is 8. The number of halogens is 3. The van der Waals surface area contributed by atoms with Crippen LogP contribution in [0.3, 0.4) is 0 Å². The van der Waals surface area contributed by atoms with Crippen LogP contribution < -0.4 is 10.1 Å². The molecule has 6 heteroatoms. The average Bonchev–Trinajstić information content (AvgIpc) is 3.47. The van der Waals surface area contributed by atoms with Crippen molar-refractivity contribution < 1.29 is 17.9 Å². The highest BCUT2D eigenvalue weighted by atomic mass is 19.4. The van der Waals surface area contributed by atoms with Gasteiger partial charge in [0.15, 0.2) is 0 Å². The molecule has 2 unspecified atom stereocenters. The van der Waals surface area contributed by atoms with Crippen LogP contribution in [0.15, 0.2) is 53.5 Å². The zero-order valence-corrected chi connectivity index (χ0v) is 23.5. The molecule has 1 N–H and O–H groups in total. The van der Waals surface area contributed by atoms with Crippen molar-refractivity contribution in [1.82, 2.24) is 5.32 Å². The van der Waals surface area contributed by atoms with E-state index in [4.69, 9.17) is 9.73 Å². The summed E-state index contributed by atoms with van der Waals surface area (Å²) in [6.45, 7) is 13.6. The van der Waals surface area contributed by atoms with E-state index in [9.17, 15) is 13.2 Å². The van der Waals surface area contributed by atoms with Crippen LogP contribution in [-0.2, 0) is 6.18 Å². The fourth-order valence-electron chi connectivity index (χ4n) is 4.15. The van der Waals surface area contributed by atoms with Crippen LogP contribution in [0.25, 0.3) is 5.70 Å². The van der Waals surface area contributed by atoms with Gasteiger partial charge in [-0.3, -0.25) is 4.99 Å². The molecule has 3 nitrogen and oxygen atoms in total. The number of hydrogen-bond donors (Lipinski definition) is 1. The molecule has 2 aromatic carbocycles. The molecular weight excluding hydrogens is 485 g/mol. The van der Waals surface area contributed by atoms with E-state index in [2.05, 4.69) is 31.0 Å². The molecule has 0 radical (unpaired) electrons. The lowest BCUT2D eigenvalue weighted by Gasteiger charge is -2.21. The molecule has 0 saturated carbocycles. The molecule has 0 aromatic heterocycles. The molecule has 1 saturated heterocycles. The van der Waals surface area contributed by atoms with Gasteiger partial charge in [-0.05, 0) is 81.5 Å². The quantitative estimate of drug-likeness (QED) is 0.276. The van der Waals surface area contributed by atoms with E-state index >= 15 is 0 Å². The minimum Gasteiger partial charge on any atom is -0.494 e. The van der Waals surface area contributed by atoms with Gasteiger partial charge in [0.2, 0.25) is 0 Å². The first-order valence-electron chi connectivity index (χ1n) is 13.7. The molecule has 0 bridgehead atoms. The maximum Gasteiger partial charge on any atom is 0.417 e. The number of nitrogens with zero attached hydrogens (tertiary/aromatic N) is 1. The monoisotopic (exact) mass is 526 g/mol. The Labute approximate surface area is 226 Å². The summed E-state index contributed by atoms with van der Waals surface area (Å²) >= 11 is 0.